The van der Waals surface area contributed by atoms with E-state index in [1.54, 1.807) is 6.07 Å². The van der Waals surface area contributed by atoms with Gasteiger partial charge in [0.15, 0.2) is 0 Å². The summed E-state index contributed by atoms with van der Waals surface area (Å²) < 4.78 is 0. The summed E-state index contributed by atoms with van der Waals surface area (Å²) in [6.07, 6.45) is 3.70. The summed E-state index contributed by atoms with van der Waals surface area (Å²) in [5, 5.41) is 4.81. The van der Waals surface area contributed by atoms with Crippen molar-refractivity contribution in [2.45, 2.75) is 25.2 Å². The van der Waals surface area contributed by atoms with Crippen LogP contribution in [0, 0.1) is 0 Å². The number of benzene rings is 2. The lowest BCUT2D eigenvalue weighted by Crippen LogP contribution is -2.18. The van der Waals surface area contributed by atoms with Gasteiger partial charge in [0.25, 0.3) is 0 Å². The van der Waals surface area contributed by atoms with Crippen LogP contribution in [0.2, 0.25) is 10.0 Å². The van der Waals surface area contributed by atoms with Gasteiger partial charge in [-0.25, -0.2) is 0 Å². The molecule has 0 fully saturated rings. The fourth-order valence-corrected chi connectivity index (χ4v) is 3.49. The molecule has 1 N–H and O–H groups in total. The molecule has 104 valence electrons. The first-order chi connectivity index (χ1) is 9.72. The molecule has 0 bridgehead atoms. The van der Waals surface area contributed by atoms with Crippen LogP contribution in [0.15, 0.2) is 42.5 Å². The molecule has 0 radical (unpaired) electrons. The Kier molecular flexibility index (Phi) is 4.18. The Bertz CT molecular complexity index is 589. The van der Waals surface area contributed by atoms with E-state index in [-0.39, 0.29) is 0 Å². The van der Waals surface area contributed by atoms with Gasteiger partial charge in [-0.05, 0) is 48.6 Å². The van der Waals surface area contributed by atoms with Crippen molar-refractivity contribution in [3.05, 3.63) is 63.6 Å². The Hall–Kier alpha value is -1.18. The maximum absolute atomic E-state index is 6.03. The molecule has 3 heteroatoms. The summed E-state index contributed by atoms with van der Waals surface area (Å²) in [7, 11) is 0. The molecule has 0 amide bonds. The number of aryl methyl sites for hydroxylation is 1. The van der Waals surface area contributed by atoms with E-state index in [0.29, 0.717) is 16.0 Å². The minimum atomic E-state index is 0.567. The summed E-state index contributed by atoms with van der Waals surface area (Å²) in [6, 6.07) is 14.4. The first-order valence-electron chi connectivity index (χ1n) is 7.00. The summed E-state index contributed by atoms with van der Waals surface area (Å²) in [4.78, 5) is 0. The third-order valence-corrected chi connectivity index (χ3v) is 4.35. The fourth-order valence-electron chi connectivity index (χ4n) is 2.96. The summed E-state index contributed by atoms with van der Waals surface area (Å²) in [5.74, 6) is 0.567. The number of hydrogen-bond donors (Lipinski definition) is 1. The molecule has 0 aromatic heterocycles. The minimum absolute atomic E-state index is 0.567. The molecular formula is C17H17Cl2N. The van der Waals surface area contributed by atoms with E-state index < -0.39 is 0 Å². The third-order valence-electron chi connectivity index (χ3n) is 3.91. The van der Waals surface area contributed by atoms with Crippen molar-refractivity contribution in [3.8, 4) is 0 Å². The Labute approximate surface area is 129 Å². The average Bonchev–Trinajstić information content (AvgIpc) is 2.44. The van der Waals surface area contributed by atoms with Crippen LogP contribution in [0.3, 0.4) is 0 Å². The smallest absolute Gasteiger partial charge is 0.0441 e. The van der Waals surface area contributed by atoms with Gasteiger partial charge < -0.3 is 5.32 Å². The topological polar surface area (TPSA) is 12.0 Å². The first kappa shape index (κ1) is 13.8. The van der Waals surface area contributed by atoms with E-state index in [4.69, 9.17) is 23.2 Å². The van der Waals surface area contributed by atoms with Crippen LogP contribution < -0.4 is 5.32 Å². The van der Waals surface area contributed by atoms with E-state index in [1.807, 2.05) is 12.1 Å². The Morgan fingerprint density at radius 1 is 1.05 bits per heavy atom. The van der Waals surface area contributed by atoms with Gasteiger partial charge in [0, 0.05) is 28.2 Å². The zero-order valence-electron chi connectivity index (χ0n) is 11.2. The van der Waals surface area contributed by atoms with Crippen LogP contribution in [0.1, 0.15) is 29.9 Å². The van der Waals surface area contributed by atoms with Gasteiger partial charge in [0.2, 0.25) is 0 Å². The Balaban J connectivity index is 1.73. The van der Waals surface area contributed by atoms with E-state index in [2.05, 4.69) is 29.6 Å². The molecule has 3 rings (SSSR count). The molecule has 0 aliphatic heterocycles. The lowest BCUT2D eigenvalue weighted by molar-refractivity contribution is 0.572. The molecule has 1 atom stereocenters. The molecule has 0 saturated heterocycles. The maximum atomic E-state index is 6.03. The van der Waals surface area contributed by atoms with E-state index in [9.17, 15) is 0 Å². The quantitative estimate of drug-likeness (QED) is 0.786. The van der Waals surface area contributed by atoms with Crippen LogP contribution in [0.25, 0.3) is 0 Å². The SMILES string of the molecule is Clc1cc(Cl)cc(NCC2CCCc3ccccc32)c1. The highest BCUT2D eigenvalue weighted by atomic mass is 35.5. The number of fused-ring (bicyclic) bond motifs is 1. The van der Waals surface area contributed by atoms with E-state index in [1.165, 1.54) is 30.4 Å². The monoisotopic (exact) mass is 305 g/mol. The molecule has 2 aromatic rings. The van der Waals surface area contributed by atoms with Gasteiger partial charge in [-0.2, -0.15) is 0 Å². The zero-order valence-corrected chi connectivity index (χ0v) is 12.7. The van der Waals surface area contributed by atoms with Crippen molar-refractivity contribution in [2.24, 2.45) is 0 Å². The summed E-state index contributed by atoms with van der Waals surface area (Å²) >= 11 is 12.1. The van der Waals surface area contributed by atoms with Crippen LogP contribution >= 0.6 is 23.2 Å². The number of rotatable bonds is 3. The zero-order chi connectivity index (χ0) is 13.9. The molecule has 1 unspecified atom stereocenters. The van der Waals surface area contributed by atoms with Crippen LogP contribution in [0.5, 0.6) is 0 Å². The lowest BCUT2D eigenvalue weighted by Gasteiger charge is -2.26. The molecule has 1 nitrogen and oxygen atoms in total. The standard InChI is InChI=1S/C17H17Cl2N/c18-14-8-15(19)10-16(9-14)20-11-13-6-3-5-12-4-1-2-7-17(12)13/h1-2,4,7-10,13,20H,3,5-6,11H2. The maximum Gasteiger partial charge on any atom is 0.0441 e. The minimum Gasteiger partial charge on any atom is -0.384 e. The molecule has 2 aromatic carbocycles. The molecule has 20 heavy (non-hydrogen) atoms. The number of nitrogens with one attached hydrogen (secondary N) is 1. The van der Waals surface area contributed by atoms with Crippen molar-refractivity contribution in [2.75, 3.05) is 11.9 Å². The van der Waals surface area contributed by atoms with E-state index in [0.717, 1.165) is 12.2 Å². The summed E-state index contributed by atoms with van der Waals surface area (Å²) in [6.45, 7) is 0.924. The first-order valence-corrected chi connectivity index (χ1v) is 7.76. The molecule has 0 saturated carbocycles. The highest BCUT2D eigenvalue weighted by molar-refractivity contribution is 6.35. The van der Waals surface area contributed by atoms with Crippen molar-refractivity contribution in [1.82, 2.24) is 0 Å². The molecule has 1 aliphatic rings. The van der Waals surface area contributed by atoms with Gasteiger partial charge in [-0.3, -0.25) is 0 Å². The van der Waals surface area contributed by atoms with Crippen LogP contribution in [-0.4, -0.2) is 6.54 Å². The van der Waals surface area contributed by atoms with Gasteiger partial charge in [-0.15, -0.1) is 0 Å². The average molecular weight is 306 g/mol. The predicted molar refractivity (Wildman–Crippen MR) is 87.1 cm³/mol. The van der Waals surface area contributed by atoms with Crippen molar-refractivity contribution < 1.29 is 0 Å². The molecule has 0 spiro atoms. The highest BCUT2D eigenvalue weighted by Crippen LogP contribution is 2.32. The van der Waals surface area contributed by atoms with Crippen molar-refractivity contribution in [1.29, 1.82) is 0 Å². The van der Waals surface area contributed by atoms with Crippen LogP contribution in [-0.2, 0) is 6.42 Å². The third kappa shape index (κ3) is 3.11. The van der Waals surface area contributed by atoms with E-state index >= 15 is 0 Å². The summed E-state index contributed by atoms with van der Waals surface area (Å²) in [5.41, 5.74) is 3.97. The number of halogens is 2. The lowest BCUT2D eigenvalue weighted by atomic mass is 9.83. The highest BCUT2D eigenvalue weighted by Gasteiger charge is 2.19. The predicted octanol–water partition coefficient (Wildman–Crippen LogP) is 5.53. The second-order valence-electron chi connectivity index (χ2n) is 5.33. The van der Waals surface area contributed by atoms with Crippen molar-refractivity contribution in [3.63, 3.8) is 0 Å². The fraction of sp³-hybridized carbons (Fsp3) is 0.294. The van der Waals surface area contributed by atoms with Gasteiger partial charge in [0.1, 0.15) is 0 Å². The van der Waals surface area contributed by atoms with Crippen molar-refractivity contribution >= 4 is 28.9 Å². The molecule has 0 heterocycles. The van der Waals surface area contributed by atoms with Gasteiger partial charge in [-0.1, -0.05) is 47.5 Å². The largest absolute Gasteiger partial charge is 0.384 e. The second-order valence-corrected chi connectivity index (χ2v) is 6.20. The van der Waals surface area contributed by atoms with Gasteiger partial charge >= 0.3 is 0 Å². The second kappa shape index (κ2) is 6.07. The number of hydrogen-bond acceptors (Lipinski definition) is 1. The normalized spacial score (nSPS) is 17.6. The van der Waals surface area contributed by atoms with Crippen LogP contribution in [0.4, 0.5) is 5.69 Å². The number of anilines is 1. The van der Waals surface area contributed by atoms with Gasteiger partial charge in [0.05, 0.1) is 0 Å². The Morgan fingerprint density at radius 3 is 2.60 bits per heavy atom. The Morgan fingerprint density at radius 2 is 1.80 bits per heavy atom. The molecular weight excluding hydrogens is 289 g/mol. The molecule has 1 aliphatic carbocycles.